The maximum absolute atomic E-state index is 13.3. The minimum Gasteiger partial charge on any atom is -0.493 e. The van der Waals surface area contributed by atoms with E-state index in [1.54, 1.807) is 30.3 Å². The van der Waals surface area contributed by atoms with Crippen molar-refractivity contribution >= 4 is 22.5 Å². The monoisotopic (exact) mass is 313 g/mol. The Morgan fingerprint density at radius 3 is 2.65 bits per heavy atom. The third kappa shape index (κ3) is 2.95. The average Bonchev–Trinajstić information content (AvgIpc) is 2.87. The van der Waals surface area contributed by atoms with E-state index in [1.807, 2.05) is 0 Å². The summed E-state index contributed by atoms with van der Waals surface area (Å²) in [6.45, 7) is 0. The zero-order chi connectivity index (χ0) is 16.4. The molecule has 3 aromatic rings. The summed E-state index contributed by atoms with van der Waals surface area (Å²) in [4.78, 5) is 14.5. The lowest BCUT2D eigenvalue weighted by Gasteiger charge is -2.04. The van der Waals surface area contributed by atoms with Gasteiger partial charge in [-0.3, -0.25) is 4.79 Å². The lowest BCUT2D eigenvalue weighted by molar-refractivity contribution is -0.126. The van der Waals surface area contributed by atoms with Gasteiger partial charge in [0.15, 0.2) is 11.8 Å². The number of rotatable bonds is 3. The molecule has 3 rings (SSSR count). The number of aromatic amines is 1. The molecule has 0 aliphatic rings. The lowest BCUT2D eigenvalue weighted by Crippen LogP contribution is -2.08. The van der Waals surface area contributed by atoms with E-state index in [9.17, 15) is 19.4 Å². The molecule has 0 fully saturated rings. The number of aromatic nitrogens is 1. The number of aromatic hydroxyl groups is 1. The minimum absolute atomic E-state index is 0.0619. The third-order valence-electron chi connectivity index (χ3n) is 3.31. The number of carbonyl (C=O) groups is 1. The quantitative estimate of drug-likeness (QED) is 0.647. The van der Waals surface area contributed by atoms with Crippen LogP contribution in [-0.2, 0) is 4.79 Å². The van der Waals surface area contributed by atoms with Gasteiger partial charge in [-0.25, -0.2) is 4.39 Å². The Bertz CT molecular complexity index is 890. The van der Waals surface area contributed by atoms with Gasteiger partial charge in [0.1, 0.15) is 5.82 Å². The first-order chi connectivity index (χ1) is 11.1. The molecule has 7 heteroatoms. The first-order valence-corrected chi connectivity index (χ1v) is 6.75. The van der Waals surface area contributed by atoms with Crippen molar-refractivity contribution in [1.29, 1.82) is 0 Å². The third-order valence-corrected chi connectivity index (χ3v) is 3.31. The van der Waals surface area contributed by atoms with Crippen molar-refractivity contribution in [2.75, 3.05) is 0 Å². The van der Waals surface area contributed by atoms with Gasteiger partial charge in [0.2, 0.25) is 5.88 Å². The molecular weight excluding hydrogens is 301 g/mol. The van der Waals surface area contributed by atoms with Crippen molar-refractivity contribution in [3.8, 4) is 5.88 Å². The topological polar surface area (TPSA) is 98.0 Å². The van der Waals surface area contributed by atoms with E-state index >= 15 is 0 Å². The second-order valence-corrected chi connectivity index (χ2v) is 4.86. The average molecular weight is 313 g/mol. The fourth-order valence-corrected chi connectivity index (χ4v) is 2.17. The standard InChI is InChI=1S/C16H12FN3O3/c17-10-6-7-12-11(8-10)13(15(22)18-12)19-20-16(23)14(21)9-4-2-1-3-5-9/h1-8,14,18,21-22H/t14-/m0/s1. The van der Waals surface area contributed by atoms with Crippen molar-refractivity contribution in [3.05, 3.63) is 59.9 Å². The molecule has 0 spiro atoms. The van der Waals surface area contributed by atoms with Crippen LogP contribution in [0.1, 0.15) is 11.7 Å². The van der Waals surface area contributed by atoms with Gasteiger partial charge in [-0.15, -0.1) is 10.2 Å². The van der Waals surface area contributed by atoms with Gasteiger partial charge in [-0.05, 0) is 23.8 Å². The summed E-state index contributed by atoms with van der Waals surface area (Å²) in [6.07, 6.45) is -1.45. The maximum atomic E-state index is 13.3. The van der Waals surface area contributed by atoms with Gasteiger partial charge < -0.3 is 15.2 Å². The fourth-order valence-electron chi connectivity index (χ4n) is 2.17. The van der Waals surface area contributed by atoms with Crippen molar-refractivity contribution in [2.24, 2.45) is 10.2 Å². The Hall–Kier alpha value is -3.06. The molecule has 0 unspecified atom stereocenters. The van der Waals surface area contributed by atoms with Crippen LogP contribution >= 0.6 is 0 Å². The van der Waals surface area contributed by atoms with Crippen LogP contribution in [0.15, 0.2) is 58.8 Å². The Morgan fingerprint density at radius 1 is 1.17 bits per heavy atom. The van der Waals surface area contributed by atoms with Crippen LogP contribution < -0.4 is 0 Å². The number of hydrogen-bond donors (Lipinski definition) is 3. The lowest BCUT2D eigenvalue weighted by atomic mass is 10.1. The number of nitrogens with one attached hydrogen (secondary N) is 1. The summed E-state index contributed by atoms with van der Waals surface area (Å²) in [5.41, 5.74) is 0.771. The Labute approximate surface area is 129 Å². The van der Waals surface area contributed by atoms with E-state index in [1.165, 1.54) is 12.1 Å². The Kier molecular flexibility index (Phi) is 3.86. The van der Waals surface area contributed by atoms with Gasteiger partial charge in [-0.2, -0.15) is 0 Å². The van der Waals surface area contributed by atoms with Crippen LogP contribution in [0.3, 0.4) is 0 Å². The predicted octanol–water partition coefficient (Wildman–Crippen LogP) is 3.36. The smallest absolute Gasteiger partial charge is 0.297 e. The van der Waals surface area contributed by atoms with Crippen LogP contribution in [0.2, 0.25) is 0 Å². The number of amides is 1. The zero-order valence-electron chi connectivity index (χ0n) is 11.8. The molecule has 1 atom stereocenters. The number of aliphatic hydroxyl groups is 1. The molecule has 116 valence electrons. The normalized spacial score (nSPS) is 12.8. The fraction of sp³-hybridized carbons (Fsp3) is 0.0625. The molecule has 0 aliphatic carbocycles. The first-order valence-electron chi connectivity index (χ1n) is 6.75. The van der Waals surface area contributed by atoms with E-state index in [-0.39, 0.29) is 17.0 Å². The Balaban J connectivity index is 1.89. The highest BCUT2D eigenvalue weighted by atomic mass is 19.1. The number of nitrogens with zero attached hydrogens (tertiary/aromatic N) is 2. The van der Waals surface area contributed by atoms with E-state index in [2.05, 4.69) is 15.2 Å². The van der Waals surface area contributed by atoms with E-state index in [0.717, 1.165) is 6.07 Å². The summed E-state index contributed by atoms with van der Waals surface area (Å²) >= 11 is 0. The molecule has 0 saturated heterocycles. The van der Waals surface area contributed by atoms with Crippen molar-refractivity contribution in [1.82, 2.24) is 4.98 Å². The van der Waals surface area contributed by atoms with Crippen LogP contribution in [0, 0.1) is 5.82 Å². The molecule has 2 aromatic carbocycles. The number of H-pyrrole nitrogens is 1. The first kappa shape index (κ1) is 14.9. The van der Waals surface area contributed by atoms with Crippen LogP contribution in [0.25, 0.3) is 10.9 Å². The van der Waals surface area contributed by atoms with Gasteiger partial charge in [0.25, 0.3) is 5.91 Å². The Morgan fingerprint density at radius 2 is 1.91 bits per heavy atom. The van der Waals surface area contributed by atoms with E-state index in [4.69, 9.17) is 0 Å². The largest absolute Gasteiger partial charge is 0.493 e. The summed E-state index contributed by atoms with van der Waals surface area (Å²) in [6, 6.07) is 12.1. The molecule has 0 aliphatic heterocycles. The number of azo groups is 1. The van der Waals surface area contributed by atoms with E-state index < -0.39 is 17.8 Å². The molecule has 1 heterocycles. The number of hydrogen-bond acceptors (Lipinski definition) is 4. The summed E-state index contributed by atoms with van der Waals surface area (Å²) < 4.78 is 13.3. The summed E-state index contributed by atoms with van der Waals surface area (Å²) in [7, 11) is 0. The molecule has 0 bridgehead atoms. The summed E-state index contributed by atoms with van der Waals surface area (Å²) in [5.74, 6) is -1.73. The number of aliphatic hydroxyl groups excluding tert-OH is 1. The number of carbonyl (C=O) groups excluding carboxylic acids is 1. The van der Waals surface area contributed by atoms with Crippen LogP contribution in [-0.4, -0.2) is 21.1 Å². The van der Waals surface area contributed by atoms with Crippen LogP contribution in [0.4, 0.5) is 10.1 Å². The second kappa shape index (κ2) is 5.98. The minimum atomic E-state index is -1.45. The number of fused-ring (bicyclic) bond motifs is 1. The van der Waals surface area contributed by atoms with Gasteiger partial charge in [-0.1, -0.05) is 30.3 Å². The van der Waals surface area contributed by atoms with Crippen molar-refractivity contribution in [2.45, 2.75) is 6.10 Å². The number of halogens is 1. The van der Waals surface area contributed by atoms with Gasteiger partial charge in [0, 0.05) is 5.39 Å². The SMILES string of the molecule is O=C(N=Nc1c(O)[nH]c2ccc(F)cc12)[C@@H](O)c1ccccc1. The molecule has 3 N–H and O–H groups in total. The van der Waals surface area contributed by atoms with Gasteiger partial charge >= 0.3 is 0 Å². The highest BCUT2D eigenvalue weighted by Crippen LogP contribution is 2.35. The predicted molar refractivity (Wildman–Crippen MR) is 80.8 cm³/mol. The molecule has 23 heavy (non-hydrogen) atoms. The number of benzene rings is 2. The highest BCUT2D eigenvalue weighted by molar-refractivity contribution is 5.94. The molecular formula is C16H12FN3O3. The molecule has 1 amide bonds. The highest BCUT2D eigenvalue weighted by Gasteiger charge is 2.17. The van der Waals surface area contributed by atoms with Crippen LogP contribution in [0.5, 0.6) is 5.88 Å². The van der Waals surface area contributed by atoms with Gasteiger partial charge in [0.05, 0.1) is 5.52 Å². The molecule has 0 radical (unpaired) electrons. The van der Waals surface area contributed by atoms with E-state index in [0.29, 0.717) is 11.1 Å². The zero-order valence-corrected chi connectivity index (χ0v) is 11.8. The summed E-state index contributed by atoms with van der Waals surface area (Å²) in [5, 5.41) is 27.1. The van der Waals surface area contributed by atoms with Crippen molar-refractivity contribution < 1.29 is 19.4 Å². The maximum Gasteiger partial charge on any atom is 0.297 e. The molecule has 0 saturated carbocycles. The molecule has 1 aromatic heterocycles. The molecule has 6 nitrogen and oxygen atoms in total. The second-order valence-electron chi connectivity index (χ2n) is 4.86. The van der Waals surface area contributed by atoms with Crippen molar-refractivity contribution in [3.63, 3.8) is 0 Å².